The van der Waals surface area contributed by atoms with Gasteiger partial charge in [0.25, 0.3) is 0 Å². The highest BCUT2D eigenvalue weighted by atomic mass is 15.3. The van der Waals surface area contributed by atoms with Crippen LogP contribution in [-0.4, -0.2) is 21.1 Å². The fourth-order valence-corrected chi connectivity index (χ4v) is 1.78. The predicted octanol–water partition coefficient (Wildman–Crippen LogP) is 0.375. The minimum Gasteiger partial charge on any atom is -0.312 e. The smallest absolute Gasteiger partial charge is 0.159 e. The molecule has 0 atom stereocenters. The number of hydrogen-bond donors (Lipinski definition) is 1. The van der Waals surface area contributed by atoms with Gasteiger partial charge in [0.15, 0.2) is 5.65 Å². The van der Waals surface area contributed by atoms with Crippen molar-refractivity contribution in [3.05, 3.63) is 29.7 Å². The Morgan fingerprint density at radius 3 is 3.46 bits per heavy atom. The Kier molecular flexibility index (Phi) is 1.37. The van der Waals surface area contributed by atoms with Crippen molar-refractivity contribution in [1.82, 2.24) is 19.9 Å². The van der Waals surface area contributed by atoms with Crippen LogP contribution in [0.4, 0.5) is 0 Å². The second-order valence-corrected chi connectivity index (χ2v) is 3.24. The maximum absolute atomic E-state index is 4.47. The summed E-state index contributed by atoms with van der Waals surface area (Å²) in [6.45, 7) is 1.92. The van der Waals surface area contributed by atoms with Gasteiger partial charge in [0, 0.05) is 37.5 Å². The Hall–Kier alpha value is -1.42. The van der Waals surface area contributed by atoms with Crippen LogP contribution in [0.2, 0.25) is 0 Å². The predicted molar refractivity (Wildman–Crippen MR) is 48.4 cm³/mol. The highest BCUT2D eigenvalue weighted by Crippen LogP contribution is 2.16. The molecule has 0 amide bonds. The van der Waals surface area contributed by atoms with Gasteiger partial charge in [-0.05, 0) is 6.07 Å². The standard InChI is InChI=1S/C9H10N4/c1-3-11-9-7-6-10-4-2-8(7)12-13(9)5-1/h1,3,5,10H,2,4,6H2. The Balaban J connectivity index is 2.34. The number of hydrogen-bond acceptors (Lipinski definition) is 3. The average molecular weight is 174 g/mol. The number of nitrogens with zero attached hydrogens (tertiary/aromatic N) is 3. The second-order valence-electron chi connectivity index (χ2n) is 3.24. The molecule has 0 spiro atoms. The summed E-state index contributed by atoms with van der Waals surface area (Å²) in [5.41, 5.74) is 3.44. The van der Waals surface area contributed by atoms with Crippen LogP contribution >= 0.6 is 0 Å². The molecule has 1 aliphatic heterocycles. The first-order valence-corrected chi connectivity index (χ1v) is 4.47. The molecule has 1 aliphatic rings. The molecule has 0 fully saturated rings. The third-order valence-corrected chi connectivity index (χ3v) is 2.41. The normalized spacial score (nSPS) is 16.0. The molecule has 1 N–H and O–H groups in total. The third-order valence-electron chi connectivity index (χ3n) is 2.41. The number of fused-ring (bicyclic) bond motifs is 3. The highest BCUT2D eigenvalue weighted by molar-refractivity contribution is 5.50. The zero-order valence-electron chi connectivity index (χ0n) is 7.20. The van der Waals surface area contributed by atoms with E-state index >= 15 is 0 Å². The minimum absolute atomic E-state index is 0.899. The van der Waals surface area contributed by atoms with E-state index in [-0.39, 0.29) is 0 Å². The van der Waals surface area contributed by atoms with Crippen molar-refractivity contribution < 1.29 is 0 Å². The van der Waals surface area contributed by atoms with Gasteiger partial charge in [-0.3, -0.25) is 0 Å². The highest BCUT2D eigenvalue weighted by Gasteiger charge is 2.15. The molecular weight excluding hydrogens is 164 g/mol. The van der Waals surface area contributed by atoms with Crippen molar-refractivity contribution in [2.45, 2.75) is 13.0 Å². The van der Waals surface area contributed by atoms with Gasteiger partial charge in [0.05, 0.1) is 5.69 Å². The lowest BCUT2D eigenvalue weighted by Gasteiger charge is -2.09. The Labute approximate surface area is 75.6 Å². The van der Waals surface area contributed by atoms with E-state index in [1.54, 1.807) is 0 Å². The van der Waals surface area contributed by atoms with Gasteiger partial charge < -0.3 is 5.32 Å². The number of aromatic nitrogens is 3. The first-order chi connectivity index (χ1) is 6.45. The van der Waals surface area contributed by atoms with Crippen molar-refractivity contribution in [3.8, 4) is 0 Å². The average Bonchev–Trinajstić information content (AvgIpc) is 2.56. The van der Waals surface area contributed by atoms with E-state index in [1.807, 2.05) is 23.0 Å². The largest absolute Gasteiger partial charge is 0.312 e. The van der Waals surface area contributed by atoms with Crippen LogP contribution in [0.15, 0.2) is 18.5 Å². The molecule has 3 rings (SSSR count). The molecule has 4 nitrogen and oxygen atoms in total. The van der Waals surface area contributed by atoms with Crippen LogP contribution in [-0.2, 0) is 13.0 Å². The molecule has 66 valence electrons. The quantitative estimate of drug-likeness (QED) is 0.627. The molecule has 2 aromatic heterocycles. The molecule has 4 heteroatoms. The van der Waals surface area contributed by atoms with E-state index in [0.717, 1.165) is 25.2 Å². The summed E-state index contributed by atoms with van der Waals surface area (Å²) in [4.78, 5) is 4.31. The molecule has 0 bridgehead atoms. The van der Waals surface area contributed by atoms with Crippen molar-refractivity contribution in [2.24, 2.45) is 0 Å². The van der Waals surface area contributed by atoms with Gasteiger partial charge in [-0.25, -0.2) is 9.50 Å². The van der Waals surface area contributed by atoms with Crippen molar-refractivity contribution >= 4 is 5.65 Å². The van der Waals surface area contributed by atoms with Gasteiger partial charge in [-0.15, -0.1) is 0 Å². The number of nitrogens with one attached hydrogen (secondary N) is 1. The second kappa shape index (κ2) is 2.53. The van der Waals surface area contributed by atoms with Gasteiger partial charge in [0.2, 0.25) is 0 Å². The molecule has 0 saturated heterocycles. The summed E-state index contributed by atoms with van der Waals surface area (Å²) in [5, 5.41) is 7.79. The summed E-state index contributed by atoms with van der Waals surface area (Å²) in [7, 11) is 0. The van der Waals surface area contributed by atoms with Crippen molar-refractivity contribution in [1.29, 1.82) is 0 Å². The zero-order chi connectivity index (χ0) is 8.67. The molecule has 2 aromatic rings. The van der Waals surface area contributed by atoms with Crippen LogP contribution in [0.1, 0.15) is 11.3 Å². The van der Waals surface area contributed by atoms with Crippen LogP contribution in [0.5, 0.6) is 0 Å². The summed E-state index contributed by atoms with van der Waals surface area (Å²) < 4.78 is 1.86. The zero-order valence-corrected chi connectivity index (χ0v) is 7.20. The topological polar surface area (TPSA) is 42.2 Å². The molecule has 0 unspecified atom stereocenters. The molecule has 0 aromatic carbocycles. The monoisotopic (exact) mass is 174 g/mol. The molecule has 0 radical (unpaired) electrons. The maximum atomic E-state index is 4.47. The van der Waals surface area contributed by atoms with E-state index < -0.39 is 0 Å². The molecule has 0 aliphatic carbocycles. The number of rotatable bonds is 0. The van der Waals surface area contributed by atoms with E-state index in [9.17, 15) is 0 Å². The summed E-state index contributed by atoms with van der Waals surface area (Å²) in [6, 6.07) is 1.90. The van der Waals surface area contributed by atoms with Crippen LogP contribution < -0.4 is 5.32 Å². The fraction of sp³-hybridized carbons (Fsp3) is 0.333. The summed E-state index contributed by atoms with van der Waals surface area (Å²) in [5.74, 6) is 0. The van der Waals surface area contributed by atoms with E-state index in [1.165, 1.54) is 11.3 Å². The molecule has 13 heavy (non-hydrogen) atoms. The first-order valence-electron chi connectivity index (χ1n) is 4.47. The third kappa shape index (κ3) is 0.954. The van der Waals surface area contributed by atoms with Gasteiger partial charge in [-0.1, -0.05) is 0 Å². The van der Waals surface area contributed by atoms with Gasteiger partial charge >= 0.3 is 0 Å². The van der Waals surface area contributed by atoms with Crippen molar-refractivity contribution in [3.63, 3.8) is 0 Å². The van der Waals surface area contributed by atoms with Crippen LogP contribution in [0.3, 0.4) is 0 Å². The summed E-state index contributed by atoms with van der Waals surface area (Å²) in [6.07, 6.45) is 4.77. The maximum Gasteiger partial charge on any atom is 0.159 e. The van der Waals surface area contributed by atoms with E-state index in [0.29, 0.717) is 0 Å². The molecule has 0 saturated carbocycles. The Morgan fingerprint density at radius 1 is 1.46 bits per heavy atom. The SMILES string of the molecule is c1cnc2c3c(nn2c1)CCNC3. The summed E-state index contributed by atoms with van der Waals surface area (Å²) >= 11 is 0. The lowest BCUT2D eigenvalue weighted by molar-refractivity contribution is 0.637. The lowest BCUT2D eigenvalue weighted by atomic mass is 10.1. The van der Waals surface area contributed by atoms with E-state index in [4.69, 9.17) is 0 Å². The van der Waals surface area contributed by atoms with Crippen LogP contribution in [0, 0.1) is 0 Å². The molecular formula is C9H10N4. The van der Waals surface area contributed by atoms with E-state index in [2.05, 4.69) is 15.4 Å². The lowest BCUT2D eigenvalue weighted by Crippen LogP contribution is -2.23. The molecule has 3 heterocycles. The Morgan fingerprint density at radius 2 is 2.46 bits per heavy atom. The Bertz CT molecular complexity index is 446. The minimum atomic E-state index is 0.899. The van der Waals surface area contributed by atoms with Crippen molar-refractivity contribution in [2.75, 3.05) is 6.54 Å². The van der Waals surface area contributed by atoms with Gasteiger partial charge in [0.1, 0.15) is 0 Å². The first kappa shape index (κ1) is 7.03. The fourth-order valence-electron chi connectivity index (χ4n) is 1.78. The van der Waals surface area contributed by atoms with Gasteiger partial charge in [-0.2, -0.15) is 5.10 Å². The van der Waals surface area contributed by atoms with Crippen LogP contribution in [0.25, 0.3) is 5.65 Å².